The van der Waals surface area contributed by atoms with Gasteiger partial charge in [-0.05, 0) is 67.8 Å². The van der Waals surface area contributed by atoms with E-state index in [0.717, 1.165) is 43.7 Å². The minimum Gasteiger partial charge on any atom is -0.194 e. The maximum atomic E-state index is 14.6. The van der Waals surface area contributed by atoms with Gasteiger partial charge in [0.05, 0.1) is 0 Å². The van der Waals surface area contributed by atoms with Crippen LogP contribution in [0.25, 0.3) is 0 Å². The van der Waals surface area contributed by atoms with Crippen LogP contribution in [0.2, 0.25) is 0 Å². The molecule has 0 spiro atoms. The highest BCUT2D eigenvalue weighted by molar-refractivity contribution is 5.30. The molecule has 0 atom stereocenters. The lowest BCUT2D eigenvalue weighted by molar-refractivity contribution is -0.462. The molecule has 3 rings (SSSR count). The molecule has 2 fully saturated rings. The van der Waals surface area contributed by atoms with Gasteiger partial charge in [-0.15, -0.1) is 0 Å². The highest BCUT2D eigenvalue weighted by atomic mass is 19.4. The summed E-state index contributed by atoms with van der Waals surface area (Å²) in [7, 11) is 0. The number of alkyl halides is 17. The fourth-order valence-electron chi connectivity index (χ4n) is 7.18. The summed E-state index contributed by atoms with van der Waals surface area (Å²) >= 11 is 0. The van der Waals surface area contributed by atoms with Crippen LogP contribution in [0, 0.1) is 23.7 Å². The predicted molar refractivity (Wildman–Crippen MR) is 149 cm³/mol. The summed E-state index contributed by atoms with van der Waals surface area (Å²) in [5.74, 6) is -54.2. The molecule has 0 radical (unpaired) electrons. The van der Waals surface area contributed by atoms with Crippen LogP contribution in [0.3, 0.4) is 0 Å². The van der Waals surface area contributed by atoms with Crippen LogP contribution in [-0.2, 0) is 12.3 Å². The normalized spacial score (nSPS) is 24.0. The van der Waals surface area contributed by atoms with Gasteiger partial charge in [-0.2, -0.15) is 74.6 Å². The second-order valence-corrected chi connectivity index (χ2v) is 13.8. The Morgan fingerprint density at radius 2 is 0.840 bits per heavy atom. The van der Waals surface area contributed by atoms with Crippen molar-refractivity contribution < 1.29 is 74.6 Å². The van der Waals surface area contributed by atoms with Gasteiger partial charge in [-0.25, -0.2) is 0 Å². The second-order valence-electron chi connectivity index (χ2n) is 13.8. The highest BCUT2D eigenvalue weighted by Gasteiger charge is 2.95. The Morgan fingerprint density at radius 3 is 1.24 bits per heavy atom. The molecule has 2 aliphatic carbocycles. The third kappa shape index (κ3) is 7.57. The van der Waals surface area contributed by atoms with Crippen LogP contribution in [0.4, 0.5) is 74.6 Å². The lowest BCUT2D eigenvalue weighted by atomic mass is 9.68. The van der Waals surface area contributed by atoms with Crippen molar-refractivity contribution in [1.29, 1.82) is 0 Å². The molecule has 0 heterocycles. The first-order valence-electron chi connectivity index (χ1n) is 16.5. The summed E-state index contributed by atoms with van der Waals surface area (Å²) in [4.78, 5) is 0. The van der Waals surface area contributed by atoms with E-state index in [1.54, 1.807) is 0 Å². The van der Waals surface area contributed by atoms with Crippen LogP contribution < -0.4 is 0 Å². The van der Waals surface area contributed by atoms with Crippen molar-refractivity contribution >= 4 is 0 Å². The van der Waals surface area contributed by atoms with Gasteiger partial charge >= 0.3 is 47.6 Å². The molecular formula is C33H39F17. The van der Waals surface area contributed by atoms with Crippen LogP contribution in [0.15, 0.2) is 24.3 Å². The predicted octanol–water partition coefficient (Wildman–Crippen LogP) is 13.3. The largest absolute Gasteiger partial charge is 0.460 e. The molecular weight excluding hydrogens is 719 g/mol. The van der Waals surface area contributed by atoms with Crippen molar-refractivity contribution in [3.05, 3.63) is 35.4 Å². The average Bonchev–Trinajstić information content (AvgIpc) is 3.03. The molecule has 0 nitrogen and oxygen atoms in total. The summed E-state index contributed by atoms with van der Waals surface area (Å²) in [5.41, 5.74) is -1.95. The highest BCUT2D eigenvalue weighted by Crippen LogP contribution is 2.65. The molecule has 1 aromatic carbocycles. The summed E-state index contributed by atoms with van der Waals surface area (Å²) in [6, 6.07) is 1.65. The zero-order valence-corrected chi connectivity index (χ0v) is 26.9. The molecule has 0 aliphatic heterocycles. The summed E-state index contributed by atoms with van der Waals surface area (Å²) in [6.07, 6.45) is 6.44. The van der Waals surface area contributed by atoms with Gasteiger partial charge < -0.3 is 0 Å². The Bertz CT molecular complexity index is 1220. The van der Waals surface area contributed by atoms with E-state index in [9.17, 15) is 74.6 Å². The molecule has 290 valence electrons. The van der Waals surface area contributed by atoms with E-state index in [4.69, 9.17) is 0 Å². The van der Waals surface area contributed by atoms with Crippen molar-refractivity contribution in [3.8, 4) is 0 Å². The number of benzene rings is 1. The van der Waals surface area contributed by atoms with E-state index in [0.29, 0.717) is 18.3 Å². The first-order chi connectivity index (χ1) is 22.7. The fourth-order valence-corrected chi connectivity index (χ4v) is 7.18. The SMILES string of the molecule is CCCCCC1CCC(C2CCC(CCc3ccc(C(F)(F)C(F)(F)C(F)(F)C(F)(F)C(F)(F)C(F)(F)C(F)(F)C(F)(F)F)cc3)CC2)CC1. The molecule has 17 heteroatoms. The van der Waals surface area contributed by atoms with Crippen molar-refractivity contribution in [1.82, 2.24) is 0 Å². The molecule has 0 N–H and O–H groups in total. The zero-order chi connectivity index (χ0) is 38.2. The van der Waals surface area contributed by atoms with Crippen LogP contribution in [0.5, 0.6) is 0 Å². The number of unbranched alkanes of at least 4 members (excludes halogenated alkanes) is 2. The molecule has 50 heavy (non-hydrogen) atoms. The Morgan fingerprint density at radius 1 is 0.460 bits per heavy atom. The molecule has 0 amide bonds. The van der Waals surface area contributed by atoms with Crippen molar-refractivity contribution in [2.45, 2.75) is 144 Å². The summed E-state index contributed by atoms with van der Waals surface area (Å²) in [5, 5.41) is 0. The van der Waals surface area contributed by atoms with Gasteiger partial charge in [0.15, 0.2) is 0 Å². The third-order valence-electron chi connectivity index (χ3n) is 10.5. The van der Waals surface area contributed by atoms with Crippen molar-refractivity contribution in [2.24, 2.45) is 23.7 Å². The lowest BCUT2D eigenvalue weighted by Crippen LogP contribution is -2.74. The molecule has 0 bridgehead atoms. The molecule has 0 unspecified atom stereocenters. The smallest absolute Gasteiger partial charge is 0.194 e. The molecule has 0 aromatic heterocycles. The summed E-state index contributed by atoms with van der Waals surface area (Å²) in [6.45, 7) is 2.17. The number of halogens is 17. The van der Waals surface area contributed by atoms with Gasteiger partial charge in [-0.3, -0.25) is 0 Å². The number of aryl methyl sites for hydroxylation is 1. The van der Waals surface area contributed by atoms with Crippen LogP contribution in [0.1, 0.15) is 102 Å². The van der Waals surface area contributed by atoms with E-state index in [1.165, 1.54) is 51.4 Å². The number of rotatable bonds is 15. The quantitative estimate of drug-likeness (QED) is 0.123. The maximum absolute atomic E-state index is 14.6. The van der Waals surface area contributed by atoms with Gasteiger partial charge in [0, 0.05) is 5.56 Å². The standard InChI is InChI=1S/C33H39F17/c1-2-3-4-5-20-8-14-23(15-9-20)24-16-10-21(11-17-24)6-7-22-12-18-25(19-13-22)26(34,35)27(36,37)28(38,39)29(40,41)30(42,43)31(44,45)32(46,47)33(48,49)50/h12-13,18-21,23-24H,2-11,14-17H2,1H3. The minimum atomic E-state index is -8.63. The second kappa shape index (κ2) is 14.8. The van der Waals surface area contributed by atoms with Gasteiger partial charge in [0.1, 0.15) is 0 Å². The monoisotopic (exact) mass is 758 g/mol. The van der Waals surface area contributed by atoms with E-state index >= 15 is 0 Å². The molecule has 2 saturated carbocycles. The van der Waals surface area contributed by atoms with Crippen LogP contribution >= 0.6 is 0 Å². The first-order valence-corrected chi connectivity index (χ1v) is 16.5. The number of hydrogen-bond donors (Lipinski definition) is 0. The first kappa shape index (κ1) is 42.4. The zero-order valence-electron chi connectivity index (χ0n) is 26.9. The third-order valence-corrected chi connectivity index (χ3v) is 10.5. The molecule has 2 aliphatic rings. The number of hydrogen-bond acceptors (Lipinski definition) is 0. The maximum Gasteiger partial charge on any atom is 0.460 e. The Labute approximate surface area is 278 Å². The van der Waals surface area contributed by atoms with Crippen molar-refractivity contribution in [3.63, 3.8) is 0 Å². The van der Waals surface area contributed by atoms with E-state index in [1.807, 2.05) is 0 Å². The summed E-state index contributed by atoms with van der Waals surface area (Å²) < 4.78 is 232. The van der Waals surface area contributed by atoms with Crippen molar-refractivity contribution in [2.75, 3.05) is 0 Å². The van der Waals surface area contributed by atoms with Gasteiger partial charge in [0.2, 0.25) is 0 Å². The Hall–Kier alpha value is -1.97. The molecule has 1 aromatic rings. The fraction of sp³-hybridized carbons (Fsp3) is 0.818. The Balaban J connectivity index is 1.64. The minimum absolute atomic E-state index is 0.0809. The molecule has 0 saturated heterocycles. The average molecular weight is 759 g/mol. The van der Waals surface area contributed by atoms with E-state index < -0.39 is 53.2 Å². The van der Waals surface area contributed by atoms with Crippen LogP contribution in [-0.4, -0.2) is 41.7 Å². The van der Waals surface area contributed by atoms with E-state index in [2.05, 4.69) is 6.92 Å². The van der Waals surface area contributed by atoms with Gasteiger partial charge in [-0.1, -0.05) is 82.6 Å². The lowest BCUT2D eigenvalue weighted by Gasteiger charge is -2.42. The Kier molecular flexibility index (Phi) is 12.6. The van der Waals surface area contributed by atoms with E-state index in [-0.39, 0.29) is 30.0 Å². The van der Waals surface area contributed by atoms with Gasteiger partial charge in [0.25, 0.3) is 0 Å². The topological polar surface area (TPSA) is 0 Å².